The third kappa shape index (κ3) is 3.24. The van der Waals surface area contributed by atoms with Gasteiger partial charge < -0.3 is 4.74 Å². The molecule has 0 N–H and O–H groups in total. The minimum absolute atomic E-state index is 0.395. The number of ether oxygens (including phenoxy) is 1. The molecule has 0 atom stereocenters. The van der Waals surface area contributed by atoms with Crippen LogP contribution < -0.4 is 4.74 Å². The normalized spacial score (nSPS) is 11.2. The fraction of sp³-hybridized carbons (Fsp3) is 0.0625. The highest BCUT2D eigenvalue weighted by Gasteiger charge is 2.12. The number of hydrogen-bond donors (Lipinski definition) is 0. The molecule has 0 saturated heterocycles. The third-order valence-electron chi connectivity index (χ3n) is 2.61. The van der Waals surface area contributed by atoms with E-state index in [1.165, 1.54) is 0 Å². The van der Waals surface area contributed by atoms with E-state index in [4.69, 9.17) is 16.3 Å². The molecule has 0 unspecified atom stereocenters. The van der Waals surface area contributed by atoms with Crippen LogP contribution in [-0.4, -0.2) is 5.97 Å². The Morgan fingerprint density at radius 2 is 1.68 bits per heavy atom. The third-order valence-corrected chi connectivity index (χ3v) is 3.03. The molecule has 0 heterocycles. The molecule has 0 aliphatic carbocycles. The lowest BCUT2D eigenvalue weighted by Gasteiger charge is -2.09. The number of carbonyl (C=O) groups is 1. The molecule has 0 amide bonds. The summed E-state index contributed by atoms with van der Waals surface area (Å²) in [7, 11) is 0. The van der Waals surface area contributed by atoms with Crippen LogP contribution in [0.3, 0.4) is 0 Å². The minimum atomic E-state index is -0.395. The zero-order chi connectivity index (χ0) is 13.7. The van der Waals surface area contributed by atoms with Gasteiger partial charge in [-0.3, -0.25) is 0 Å². The Morgan fingerprint density at radius 1 is 1.05 bits per heavy atom. The van der Waals surface area contributed by atoms with Gasteiger partial charge in [-0.1, -0.05) is 48.0 Å². The molecule has 0 fully saturated rings. The summed E-state index contributed by atoms with van der Waals surface area (Å²) in [4.78, 5) is 12.0. The molecule has 0 bridgehead atoms. The van der Waals surface area contributed by atoms with Gasteiger partial charge in [0.25, 0.3) is 0 Å². The van der Waals surface area contributed by atoms with Crippen molar-refractivity contribution in [1.29, 1.82) is 0 Å². The van der Waals surface area contributed by atoms with Crippen molar-refractivity contribution in [3.63, 3.8) is 0 Å². The van der Waals surface area contributed by atoms with Crippen molar-refractivity contribution in [2.75, 3.05) is 0 Å². The Morgan fingerprint density at radius 3 is 2.37 bits per heavy atom. The first-order valence-electron chi connectivity index (χ1n) is 5.91. The van der Waals surface area contributed by atoms with Crippen LogP contribution in [0.5, 0.6) is 5.75 Å². The molecule has 2 aromatic carbocycles. The number of hydrogen-bond acceptors (Lipinski definition) is 2. The molecule has 0 aliphatic rings. The van der Waals surface area contributed by atoms with Crippen LogP contribution in [0.25, 0.3) is 5.03 Å². The summed E-state index contributed by atoms with van der Waals surface area (Å²) in [6.07, 6.45) is 1.76. The Kier molecular flexibility index (Phi) is 4.37. The highest BCUT2D eigenvalue weighted by atomic mass is 35.5. The second-order valence-corrected chi connectivity index (χ2v) is 4.30. The second kappa shape index (κ2) is 6.21. The summed E-state index contributed by atoms with van der Waals surface area (Å²) in [5, 5.41) is 0.552. The Bertz CT molecular complexity index is 603. The van der Waals surface area contributed by atoms with Gasteiger partial charge in [0.2, 0.25) is 0 Å². The van der Waals surface area contributed by atoms with Gasteiger partial charge in [-0.15, -0.1) is 0 Å². The average molecular weight is 273 g/mol. The van der Waals surface area contributed by atoms with E-state index in [2.05, 4.69) is 0 Å². The van der Waals surface area contributed by atoms with Crippen LogP contribution >= 0.6 is 11.6 Å². The molecule has 2 nitrogen and oxygen atoms in total. The van der Waals surface area contributed by atoms with Crippen LogP contribution in [0.1, 0.15) is 22.8 Å². The molecule has 19 heavy (non-hydrogen) atoms. The highest BCUT2D eigenvalue weighted by molar-refractivity contribution is 6.49. The SMILES string of the molecule is C/C=C(\Cl)c1ccccc1OC(=O)c1ccccc1. The number of rotatable bonds is 3. The molecule has 3 heteroatoms. The lowest BCUT2D eigenvalue weighted by molar-refractivity contribution is 0.0734. The molecule has 2 aromatic rings. The number of halogens is 1. The summed E-state index contributed by atoms with van der Waals surface area (Å²) in [6, 6.07) is 16.0. The predicted molar refractivity (Wildman–Crippen MR) is 77.3 cm³/mol. The van der Waals surface area contributed by atoms with E-state index in [1.54, 1.807) is 42.5 Å². The highest BCUT2D eigenvalue weighted by Crippen LogP contribution is 2.29. The topological polar surface area (TPSA) is 26.3 Å². The van der Waals surface area contributed by atoms with Gasteiger partial charge in [-0.05, 0) is 31.2 Å². The molecule has 0 saturated carbocycles. The molecular formula is C16H13ClO2. The van der Waals surface area contributed by atoms with Gasteiger partial charge in [0.15, 0.2) is 0 Å². The van der Waals surface area contributed by atoms with Crippen molar-refractivity contribution < 1.29 is 9.53 Å². The Hall–Kier alpha value is -2.06. The number of esters is 1. The molecular weight excluding hydrogens is 260 g/mol. The maximum atomic E-state index is 12.0. The van der Waals surface area contributed by atoms with Gasteiger partial charge in [-0.25, -0.2) is 4.79 Å². The fourth-order valence-electron chi connectivity index (χ4n) is 1.64. The van der Waals surface area contributed by atoms with Crippen LogP contribution in [-0.2, 0) is 0 Å². The van der Waals surface area contributed by atoms with Crippen molar-refractivity contribution in [3.05, 3.63) is 71.8 Å². The number of allylic oxidation sites excluding steroid dienone is 1. The molecule has 96 valence electrons. The predicted octanol–water partition coefficient (Wildman–Crippen LogP) is 4.51. The maximum absolute atomic E-state index is 12.0. The number of benzene rings is 2. The van der Waals surface area contributed by atoms with E-state index in [0.717, 1.165) is 0 Å². The monoisotopic (exact) mass is 272 g/mol. The van der Waals surface area contributed by atoms with Gasteiger partial charge in [-0.2, -0.15) is 0 Å². The molecule has 0 radical (unpaired) electrons. The van der Waals surface area contributed by atoms with Crippen LogP contribution in [0, 0.1) is 0 Å². The first-order chi connectivity index (χ1) is 9.22. The van der Waals surface area contributed by atoms with Crippen LogP contribution in [0.4, 0.5) is 0 Å². The largest absolute Gasteiger partial charge is 0.422 e. The average Bonchev–Trinajstić information content (AvgIpc) is 2.48. The van der Waals surface area contributed by atoms with E-state index < -0.39 is 5.97 Å². The zero-order valence-corrected chi connectivity index (χ0v) is 11.2. The summed E-state index contributed by atoms with van der Waals surface area (Å²) in [5.41, 5.74) is 1.21. The van der Waals surface area contributed by atoms with E-state index >= 15 is 0 Å². The van der Waals surface area contributed by atoms with Crippen molar-refractivity contribution in [2.45, 2.75) is 6.92 Å². The van der Waals surface area contributed by atoms with E-state index in [-0.39, 0.29) is 0 Å². The minimum Gasteiger partial charge on any atom is -0.422 e. The molecule has 0 aliphatic heterocycles. The fourth-order valence-corrected chi connectivity index (χ4v) is 1.80. The Labute approximate surface area is 117 Å². The van der Waals surface area contributed by atoms with Crippen molar-refractivity contribution in [2.24, 2.45) is 0 Å². The standard InChI is InChI=1S/C16H13ClO2/c1-2-14(17)13-10-6-7-11-15(13)19-16(18)12-8-4-3-5-9-12/h2-11H,1H3/b14-2-. The maximum Gasteiger partial charge on any atom is 0.343 e. The summed E-state index contributed by atoms with van der Waals surface area (Å²) >= 11 is 6.10. The van der Waals surface area contributed by atoms with Crippen molar-refractivity contribution in [1.82, 2.24) is 0 Å². The first-order valence-corrected chi connectivity index (χ1v) is 6.28. The lowest BCUT2D eigenvalue weighted by Crippen LogP contribution is -2.09. The van der Waals surface area contributed by atoms with E-state index in [9.17, 15) is 4.79 Å². The first kappa shape index (κ1) is 13.4. The summed E-state index contributed by atoms with van der Waals surface area (Å²) in [5.74, 6) is 0.0630. The quantitative estimate of drug-likeness (QED) is 0.607. The van der Waals surface area contributed by atoms with Crippen molar-refractivity contribution >= 4 is 22.6 Å². The van der Waals surface area contributed by atoms with Crippen LogP contribution in [0.15, 0.2) is 60.7 Å². The van der Waals surface area contributed by atoms with Crippen molar-refractivity contribution in [3.8, 4) is 5.75 Å². The van der Waals surface area contributed by atoms with Gasteiger partial charge in [0.05, 0.1) is 5.56 Å². The number of carbonyl (C=O) groups excluding carboxylic acids is 1. The van der Waals surface area contributed by atoms with Gasteiger partial charge in [0.1, 0.15) is 5.75 Å². The number of para-hydroxylation sites is 1. The molecule has 0 aromatic heterocycles. The van der Waals surface area contributed by atoms with Gasteiger partial charge >= 0.3 is 5.97 Å². The lowest BCUT2D eigenvalue weighted by atomic mass is 10.2. The van der Waals surface area contributed by atoms with E-state index in [0.29, 0.717) is 21.9 Å². The second-order valence-electron chi connectivity index (χ2n) is 3.89. The summed E-state index contributed by atoms with van der Waals surface area (Å²) in [6.45, 7) is 1.83. The Balaban J connectivity index is 2.27. The summed E-state index contributed by atoms with van der Waals surface area (Å²) < 4.78 is 5.39. The zero-order valence-electron chi connectivity index (χ0n) is 10.5. The molecule has 2 rings (SSSR count). The van der Waals surface area contributed by atoms with Crippen LogP contribution in [0.2, 0.25) is 0 Å². The van der Waals surface area contributed by atoms with E-state index in [1.807, 2.05) is 25.1 Å². The van der Waals surface area contributed by atoms with Gasteiger partial charge in [0, 0.05) is 10.6 Å². The molecule has 0 spiro atoms. The smallest absolute Gasteiger partial charge is 0.343 e.